The minimum Gasteiger partial charge on any atom is -0.480 e. The molecule has 0 heterocycles. The van der Waals surface area contributed by atoms with Crippen LogP contribution >= 0.6 is 11.8 Å². The fourth-order valence-corrected chi connectivity index (χ4v) is 2.37. The minimum absolute atomic E-state index is 0.104. The number of nitrogens with one attached hydrogen (secondary N) is 1. The van der Waals surface area contributed by atoms with Gasteiger partial charge in [-0.2, -0.15) is 8.78 Å². The second-order valence-corrected chi connectivity index (χ2v) is 5.20. The molecule has 0 spiro atoms. The van der Waals surface area contributed by atoms with E-state index in [1.807, 2.05) is 0 Å². The van der Waals surface area contributed by atoms with Crippen molar-refractivity contribution < 1.29 is 18.7 Å². The first kappa shape index (κ1) is 13.1. The molecule has 3 nitrogen and oxygen atoms in total. The van der Waals surface area contributed by atoms with Crippen LogP contribution in [0.5, 0.6) is 0 Å². The highest BCUT2D eigenvalue weighted by Crippen LogP contribution is 2.37. The van der Waals surface area contributed by atoms with Crippen LogP contribution < -0.4 is 5.32 Å². The third-order valence-corrected chi connectivity index (χ3v) is 3.56. The van der Waals surface area contributed by atoms with Gasteiger partial charge in [-0.05, 0) is 30.9 Å². The fourth-order valence-electron chi connectivity index (χ4n) is 1.76. The number of carboxylic acid groups (broad SMARTS) is 1. The van der Waals surface area contributed by atoms with Crippen LogP contribution in [-0.2, 0) is 4.79 Å². The van der Waals surface area contributed by atoms with Gasteiger partial charge >= 0.3 is 5.97 Å². The maximum absolute atomic E-state index is 12.4. The zero-order valence-corrected chi connectivity index (χ0v) is 10.3. The van der Waals surface area contributed by atoms with E-state index in [-0.39, 0.29) is 5.92 Å². The summed E-state index contributed by atoms with van der Waals surface area (Å²) in [7, 11) is 0. The summed E-state index contributed by atoms with van der Waals surface area (Å²) in [5.74, 6) is -3.35. The number of carboxylic acids is 1. The molecule has 0 saturated heterocycles. The number of carbonyl (C=O) groups is 1. The molecule has 1 atom stereocenters. The Morgan fingerprint density at radius 3 is 2.61 bits per heavy atom. The average molecular weight is 273 g/mol. The van der Waals surface area contributed by atoms with Gasteiger partial charge in [0.2, 0.25) is 0 Å². The lowest BCUT2D eigenvalue weighted by molar-refractivity contribution is -0.138. The normalized spacial score (nSPS) is 16.6. The predicted octanol–water partition coefficient (Wildman–Crippen LogP) is 3.28. The van der Waals surface area contributed by atoms with Crippen molar-refractivity contribution >= 4 is 23.4 Å². The van der Waals surface area contributed by atoms with E-state index in [0.29, 0.717) is 22.3 Å². The molecule has 0 aromatic heterocycles. The van der Waals surface area contributed by atoms with Crippen LogP contribution in [0.25, 0.3) is 0 Å². The summed E-state index contributed by atoms with van der Waals surface area (Å²) in [5, 5.41) is 12.0. The van der Waals surface area contributed by atoms with Crippen LogP contribution in [-0.4, -0.2) is 22.9 Å². The molecule has 2 rings (SSSR count). The van der Waals surface area contributed by atoms with Gasteiger partial charge in [-0.25, -0.2) is 4.79 Å². The molecule has 0 bridgehead atoms. The van der Waals surface area contributed by atoms with Crippen LogP contribution in [0.2, 0.25) is 0 Å². The molecule has 0 amide bonds. The molecule has 2 N–H and O–H groups in total. The quantitative estimate of drug-likeness (QED) is 0.781. The maximum atomic E-state index is 12.4. The van der Waals surface area contributed by atoms with Crippen molar-refractivity contribution in [1.82, 2.24) is 0 Å². The van der Waals surface area contributed by atoms with Crippen LogP contribution in [0.4, 0.5) is 14.5 Å². The SMILES string of the molecule is O=C(O)C(Nc1ccccc1SC(F)F)C1CC1. The van der Waals surface area contributed by atoms with Gasteiger partial charge in [0.1, 0.15) is 6.04 Å². The van der Waals surface area contributed by atoms with Crippen molar-refractivity contribution in [3.8, 4) is 0 Å². The molecule has 0 aliphatic heterocycles. The van der Waals surface area contributed by atoms with Crippen molar-refractivity contribution in [3.63, 3.8) is 0 Å². The zero-order chi connectivity index (χ0) is 13.1. The highest BCUT2D eigenvalue weighted by Gasteiger charge is 2.36. The second-order valence-electron chi connectivity index (χ2n) is 4.17. The third kappa shape index (κ3) is 3.35. The highest BCUT2D eigenvalue weighted by atomic mass is 32.2. The largest absolute Gasteiger partial charge is 0.480 e. The van der Waals surface area contributed by atoms with Gasteiger partial charge in [0.15, 0.2) is 0 Å². The molecule has 18 heavy (non-hydrogen) atoms. The summed E-state index contributed by atoms with van der Waals surface area (Å²) < 4.78 is 24.8. The molecule has 1 aromatic rings. The monoisotopic (exact) mass is 273 g/mol. The van der Waals surface area contributed by atoms with Gasteiger partial charge in [0.05, 0.1) is 0 Å². The maximum Gasteiger partial charge on any atom is 0.326 e. The number of hydrogen-bond acceptors (Lipinski definition) is 3. The van der Waals surface area contributed by atoms with E-state index in [0.717, 1.165) is 12.8 Å². The molecule has 1 unspecified atom stereocenters. The number of benzene rings is 1. The number of thioether (sulfide) groups is 1. The highest BCUT2D eigenvalue weighted by molar-refractivity contribution is 7.99. The summed E-state index contributed by atoms with van der Waals surface area (Å²) in [5.41, 5.74) is 0.460. The van der Waals surface area contributed by atoms with Crippen LogP contribution in [0, 0.1) is 5.92 Å². The van der Waals surface area contributed by atoms with Gasteiger partial charge in [0.25, 0.3) is 5.76 Å². The third-order valence-electron chi connectivity index (χ3n) is 2.77. The van der Waals surface area contributed by atoms with E-state index in [1.54, 1.807) is 24.3 Å². The van der Waals surface area contributed by atoms with Gasteiger partial charge in [-0.15, -0.1) is 0 Å². The zero-order valence-electron chi connectivity index (χ0n) is 9.48. The standard InChI is InChI=1S/C12H13F2NO2S/c13-12(14)18-9-4-2-1-3-8(9)15-10(11(16)17)7-5-6-7/h1-4,7,10,12,15H,5-6H2,(H,16,17). The van der Waals surface area contributed by atoms with Crippen LogP contribution in [0.15, 0.2) is 29.2 Å². The van der Waals surface area contributed by atoms with Crippen LogP contribution in [0.3, 0.4) is 0 Å². The first-order chi connectivity index (χ1) is 8.58. The number of aliphatic carboxylic acids is 1. The van der Waals surface area contributed by atoms with Crippen molar-refractivity contribution in [1.29, 1.82) is 0 Å². The van der Waals surface area contributed by atoms with Crippen molar-refractivity contribution in [2.45, 2.75) is 29.5 Å². The Labute approximate surface area is 108 Å². The summed E-state index contributed by atoms with van der Waals surface area (Å²) in [6.07, 6.45) is 1.74. The van der Waals surface area contributed by atoms with Gasteiger partial charge in [0, 0.05) is 10.6 Å². The lowest BCUT2D eigenvalue weighted by Gasteiger charge is -2.17. The van der Waals surface area contributed by atoms with Crippen molar-refractivity contribution in [2.24, 2.45) is 5.92 Å². The second kappa shape index (κ2) is 5.56. The number of halogens is 2. The van der Waals surface area contributed by atoms with E-state index in [1.165, 1.54) is 0 Å². The Morgan fingerprint density at radius 1 is 1.39 bits per heavy atom. The first-order valence-electron chi connectivity index (χ1n) is 5.61. The molecule has 0 radical (unpaired) electrons. The Kier molecular flexibility index (Phi) is 4.06. The van der Waals surface area contributed by atoms with Crippen LogP contribution in [0.1, 0.15) is 12.8 Å². The number of anilines is 1. The number of rotatable bonds is 6. The number of hydrogen-bond donors (Lipinski definition) is 2. The lowest BCUT2D eigenvalue weighted by atomic mass is 10.1. The van der Waals surface area contributed by atoms with Crippen molar-refractivity contribution in [2.75, 3.05) is 5.32 Å². The molecular formula is C12H13F2NO2S. The first-order valence-corrected chi connectivity index (χ1v) is 6.49. The Hall–Kier alpha value is -1.30. The molecular weight excluding hydrogens is 260 g/mol. The molecule has 1 fully saturated rings. The summed E-state index contributed by atoms with van der Waals surface area (Å²) in [6, 6.07) is 5.85. The Balaban J connectivity index is 2.14. The number of para-hydroxylation sites is 1. The molecule has 98 valence electrons. The van der Waals surface area contributed by atoms with E-state index in [4.69, 9.17) is 5.11 Å². The smallest absolute Gasteiger partial charge is 0.326 e. The van der Waals surface area contributed by atoms with Crippen molar-refractivity contribution in [3.05, 3.63) is 24.3 Å². The predicted molar refractivity (Wildman–Crippen MR) is 66.1 cm³/mol. The van der Waals surface area contributed by atoms with Gasteiger partial charge in [-0.3, -0.25) is 0 Å². The fraction of sp³-hybridized carbons (Fsp3) is 0.417. The van der Waals surface area contributed by atoms with E-state index in [2.05, 4.69) is 5.32 Å². The summed E-state index contributed by atoms with van der Waals surface area (Å²) >= 11 is 0.422. The van der Waals surface area contributed by atoms with E-state index in [9.17, 15) is 13.6 Å². The van der Waals surface area contributed by atoms with Gasteiger partial charge in [-0.1, -0.05) is 23.9 Å². The number of alkyl halides is 2. The molecule has 1 aliphatic carbocycles. The topological polar surface area (TPSA) is 49.3 Å². The molecule has 1 saturated carbocycles. The van der Waals surface area contributed by atoms with E-state index >= 15 is 0 Å². The minimum atomic E-state index is -2.52. The van der Waals surface area contributed by atoms with E-state index < -0.39 is 17.8 Å². The Morgan fingerprint density at radius 2 is 2.06 bits per heavy atom. The average Bonchev–Trinajstić information content (AvgIpc) is 3.10. The Bertz CT molecular complexity index is 438. The molecule has 6 heteroatoms. The summed E-state index contributed by atoms with van der Waals surface area (Å²) in [6.45, 7) is 0. The molecule has 1 aliphatic rings. The molecule has 1 aromatic carbocycles. The van der Waals surface area contributed by atoms with Gasteiger partial charge < -0.3 is 10.4 Å². The lowest BCUT2D eigenvalue weighted by Crippen LogP contribution is -2.31. The summed E-state index contributed by atoms with van der Waals surface area (Å²) in [4.78, 5) is 11.5.